The SMILES string of the molecule is CCC1=C(C)C2C=CC(=NC(=O)CC(C)(C)C)C=C2NC1=O. The molecule has 1 heterocycles. The van der Waals surface area contributed by atoms with Crippen LogP contribution in [0.4, 0.5) is 0 Å². The predicted octanol–water partition coefficient (Wildman–Crippen LogP) is 3.32. The molecule has 1 unspecified atom stereocenters. The predicted molar refractivity (Wildman–Crippen MR) is 88.4 cm³/mol. The zero-order valence-electron chi connectivity index (χ0n) is 14.0. The van der Waals surface area contributed by atoms with E-state index in [4.69, 9.17) is 0 Å². The molecule has 0 fully saturated rings. The monoisotopic (exact) mass is 300 g/mol. The fourth-order valence-electron chi connectivity index (χ4n) is 2.81. The number of hydrogen-bond donors (Lipinski definition) is 1. The van der Waals surface area contributed by atoms with Crippen molar-refractivity contribution in [3.63, 3.8) is 0 Å². The maximum absolute atomic E-state index is 12.1. The topological polar surface area (TPSA) is 58.5 Å². The molecule has 4 heteroatoms. The highest BCUT2D eigenvalue weighted by Gasteiger charge is 2.28. The Hall–Kier alpha value is -1.97. The standard InChI is InChI=1S/C18H24N2O2/c1-6-13-11(2)14-8-7-12(9-15(14)20-17(13)22)19-16(21)10-18(3,4)5/h7-9,14H,6,10H2,1-5H3,(H,20,22). The van der Waals surface area contributed by atoms with Crippen molar-refractivity contribution in [3.05, 3.63) is 35.1 Å². The summed E-state index contributed by atoms with van der Waals surface area (Å²) in [6.45, 7) is 10.0. The number of rotatable bonds is 2. The molecule has 0 aromatic rings. The van der Waals surface area contributed by atoms with Gasteiger partial charge < -0.3 is 5.32 Å². The van der Waals surface area contributed by atoms with Gasteiger partial charge in [0.2, 0.25) is 5.91 Å². The highest BCUT2D eigenvalue weighted by atomic mass is 16.2. The van der Waals surface area contributed by atoms with Crippen LogP contribution in [0.15, 0.2) is 40.1 Å². The molecule has 22 heavy (non-hydrogen) atoms. The van der Waals surface area contributed by atoms with E-state index in [0.717, 1.165) is 23.3 Å². The summed E-state index contributed by atoms with van der Waals surface area (Å²) >= 11 is 0. The van der Waals surface area contributed by atoms with Gasteiger partial charge >= 0.3 is 0 Å². The van der Waals surface area contributed by atoms with E-state index in [1.54, 1.807) is 6.08 Å². The van der Waals surface area contributed by atoms with Crippen molar-refractivity contribution in [3.8, 4) is 0 Å². The highest BCUT2D eigenvalue weighted by Crippen LogP contribution is 2.31. The van der Waals surface area contributed by atoms with Crippen LogP contribution in [-0.2, 0) is 9.59 Å². The molecule has 0 saturated heterocycles. The lowest BCUT2D eigenvalue weighted by Crippen LogP contribution is -2.36. The van der Waals surface area contributed by atoms with E-state index in [-0.39, 0.29) is 23.1 Å². The summed E-state index contributed by atoms with van der Waals surface area (Å²) in [6.07, 6.45) is 6.80. The molecule has 1 N–H and O–H groups in total. The Kier molecular flexibility index (Phi) is 4.50. The van der Waals surface area contributed by atoms with Crippen LogP contribution >= 0.6 is 0 Å². The van der Waals surface area contributed by atoms with Crippen molar-refractivity contribution in [2.24, 2.45) is 16.3 Å². The zero-order chi connectivity index (χ0) is 16.5. The number of nitrogens with zero attached hydrogens (tertiary/aromatic N) is 1. The van der Waals surface area contributed by atoms with Crippen LogP contribution in [0.25, 0.3) is 0 Å². The second-order valence-corrected chi connectivity index (χ2v) is 7.07. The Morgan fingerprint density at radius 1 is 1.36 bits per heavy atom. The van der Waals surface area contributed by atoms with E-state index < -0.39 is 0 Å². The lowest BCUT2D eigenvalue weighted by Gasteiger charge is -2.29. The van der Waals surface area contributed by atoms with Crippen LogP contribution in [0, 0.1) is 11.3 Å². The summed E-state index contributed by atoms with van der Waals surface area (Å²) in [5.41, 5.74) is 3.26. The molecule has 2 rings (SSSR count). The fourth-order valence-corrected chi connectivity index (χ4v) is 2.81. The van der Waals surface area contributed by atoms with Gasteiger partial charge in [0.05, 0.1) is 5.71 Å². The highest BCUT2D eigenvalue weighted by molar-refractivity contribution is 6.11. The molecule has 4 nitrogen and oxygen atoms in total. The molecule has 2 aliphatic rings. The summed E-state index contributed by atoms with van der Waals surface area (Å²) in [6, 6.07) is 0. The van der Waals surface area contributed by atoms with Gasteiger partial charge in [-0.1, -0.05) is 39.3 Å². The molecule has 0 aromatic heterocycles. The van der Waals surface area contributed by atoms with Gasteiger partial charge in [0.1, 0.15) is 0 Å². The van der Waals surface area contributed by atoms with E-state index in [2.05, 4.69) is 10.3 Å². The molecular weight excluding hydrogens is 276 g/mol. The second kappa shape index (κ2) is 6.03. The molecule has 2 amide bonds. The molecule has 118 valence electrons. The first kappa shape index (κ1) is 16.4. The van der Waals surface area contributed by atoms with Crippen molar-refractivity contribution >= 4 is 17.5 Å². The van der Waals surface area contributed by atoms with Crippen LogP contribution in [0.5, 0.6) is 0 Å². The number of fused-ring (bicyclic) bond motifs is 1. The average Bonchev–Trinajstić information content (AvgIpc) is 2.36. The maximum Gasteiger partial charge on any atom is 0.251 e. The normalized spacial score (nSPS) is 23.3. The summed E-state index contributed by atoms with van der Waals surface area (Å²) < 4.78 is 0. The Morgan fingerprint density at radius 2 is 2.05 bits per heavy atom. The molecule has 0 aromatic carbocycles. The van der Waals surface area contributed by atoms with Crippen LogP contribution in [-0.4, -0.2) is 17.5 Å². The Morgan fingerprint density at radius 3 is 2.64 bits per heavy atom. The number of carbonyl (C=O) groups is 2. The third-order valence-electron chi connectivity index (χ3n) is 3.86. The van der Waals surface area contributed by atoms with Gasteiger partial charge in [0.25, 0.3) is 5.91 Å². The average molecular weight is 300 g/mol. The van der Waals surface area contributed by atoms with Gasteiger partial charge in [-0.15, -0.1) is 0 Å². The molecule has 0 spiro atoms. The first-order valence-corrected chi connectivity index (χ1v) is 7.73. The minimum absolute atomic E-state index is 0.0434. The van der Waals surface area contributed by atoms with E-state index in [9.17, 15) is 9.59 Å². The minimum Gasteiger partial charge on any atom is -0.325 e. The van der Waals surface area contributed by atoms with Crippen LogP contribution in [0.3, 0.4) is 0 Å². The summed E-state index contributed by atoms with van der Waals surface area (Å²) in [5.74, 6) is -0.0893. The zero-order valence-corrected chi connectivity index (χ0v) is 14.0. The van der Waals surface area contributed by atoms with E-state index in [0.29, 0.717) is 12.1 Å². The third-order valence-corrected chi connectivity index (χ3v) is 3.86. The molecule has 0 bridgehead atoms. The second-order valence-electron chi connectivity index (χ2n) is 7.07. The van der Waals surface area contributed by atoms with Crippen molar-refractivity contribution in [2.75, 3.05) is 0 Å². The van der Waals surface area contributed by atoms with Gasteiger partial charge in [-0.05, 0) is 30.9 Å². The largest absolute Gasteiger partial charge is 0.325 e. The third kappa shape index (κ3) is 3.62. The minimum atomic E-state index is -0.133. The van der Waals surface area contributed by atoms with Crippen LogP contribution in [0.2, 0.25) is 0 Å². The van der Waals surface area contributed by atoms with Crippen molar-refractivity contribution in [2.45, 2.75) is 47.5 Å². The maximum atomic E-state index is 12.1. The van der Waals surface area contributed by atoms with E-state index in [1.165, 1.54) is 0 Å². The molecular formula is C18H24N2O2. The summed E-state index contributed by atoms with van der Waals surface area (Å²) in [7, 11) is 0. The quantitative estimate of drug-likeness (QED) is 0.850. The lowest BCUT2D eigenvalue weighted by molar-refractivity contribution is -0.119. The van der Waals surface area contributed by atoms with E-state index in [1.807, 2.05) is 46.8 Å². The van der Waals surface area contributed by atoms with Crippen LogP contribution in [0.1, 0.15) is 47.5 Å². The molecule has 0 saturated carbocycles. The summed E-state index contributed by atoms with van der Waals surface area (Å²) in [4.78, 5) is 28.2. The molecule has 1 atom stereocenters. The van der Waals surface area contributed by atoms with Gasteiger partial charge in [-0.25, -0.2) is 4.99 Å². The van der Waals surface area contributed by atoms with Gasteiger partial charge in [0, 0.05) is 23.6 Å². The van der Waals surface area contributed by atoms with Crippen molar-refractivity contribution in [1.29, 1.82) is 0 Å². The fraction of sp³-hybridized carbons (Fsp3) is 0.500. The number of amides is 2. The number of hydrogen-bond acceptors (Lipinski definition) is 2. The number of nitrogens with one attached hydrogen (secondary N) is 1. The Balaban J connectivity index is 2.24. The molecule has 1 aliphatic heterocycles. The number of allylic oxidation sites excluding steroid dienone is 3. The first-order chi connectivity index (χ1) is 10.2. The van der Waals surface area contributed by atoms with Gasteiger partial charge in [-0.2, -0.15) is 0 Å². The van der Waals surface area contributed by atoms with Gasteiger partial charge in [0.15, 0.2) is 0 Å². The first-order valence-electron chi connectivity index (χ1n) is 7.73. The Labute approximate surface area is 132 Å². The van der Waals surface area contributed by atoms with E-state index >= 15 is 0 Å². The molecule has 0 radical (unpaired) electrons. The Bertz CT molecular complexity index is 628. The number of carbonyl (C=O) groups excluding carboxylic acids is 2. The van der Waals surface area contributed by atoms with Crippen LogP contribution < -0.4 is 5.32 Å². The number of aliphatic imine (C=N–C) groups is 1. The smallest absolute Gasteiger partial charge is 0.251 e. The summed E-state index contributed by atoms with van der Waals surface area (Å²) in [5, 5.41) is 2.92. The van der Waals surface area contributed by atoms with Gasteiger partial charge in [-0.3, -0.25) is 9.59 Å². The molecule has 1 aliphatic carbocycles. The lowest BCUT2D eigenvalue weighted by atomic mass is 9.84. The van der Waals surface area contributed by atoms with Crippen molar-refractivity contribution in [1.82, 2.24) is 5.32 Å². The van der Waals surface area contributed by atoms with Crippen molar-refractivity contribution < 1.29 is 9.59 Å².